The SMILES string of the molecule is O=C(Nc1cccc2c(-c3ccnc(NC(=O)C4CC4)c3)c[nH]c12)c1ccc[nH]1. The normalized spacial score (nSPS) is 13.4. The van der Waals surface area contributed by atoms with Crippen LogP contribution in [0.2, 0.25) is 0 Å². The Morgan fingerprint density at radius 1 is 1.03 bits per heavy atom. The summed E-state index contributed by atoms with van der Waals surface area (Å²) in [5, 5.41) is 6.80. The van der Waals surface area contributed by atoms with E-state index in [-0.39, 0.29) is 17.7 Å². The fraction of sp³-hybridized carbons (Fsp3) is 0.136. The van der Waals surface area contributed by atoms with Crippen molar-refractivity contribution < 1.29 is 9.59 Å². The van der Waals surface area contributed by atoms with Crippen LogP contribution in [0.5, 0.6) is 0 Å². The van der Waals surface area contributed by atoms with Crippen molar-refractivity contribution in [1.29, 1.82) is 0 Å². The molecule has 4 N–H and O–H groups in total. The van der Waals surface area contributed by atoms with E-state index in [4.69, 9.17) is 0 Å². The Kier molecular flexibility index (Phi) is 4.13. The highest BCUT2D eigenvalue weighted by Crippen LogP contribution is 2.34. The number of hydrogen-bond donors (Lipinski definition) is 4. The molecule has 0 bridgehead atoms. The molecule has 144 valence electrons. The molecule has 3 heterocycles. The zero-order chi connectivity index (χ0) is 19.8. The van der Waals surface area contributed by atoms with Crippen LogP contribution in [0.4, 0.5) is 11.5 Å². The number of benzene rings is 1. The van der Waals surface area contributed by atoms with Gasteiger partial charge in [0.05, 0.1) is 11.2 Å². The molecule has 1 aliphatic rings. The third-order valence-corrected chi connectivity index (χ3v) is 5.08. The minimum atomic E-state index is -0.201. The number of amides is 2. The van der Waals surface area contributed by atoms with Crippen molar-refractivity contribution in [3.05, 3.63) is 66.7 Å². The number of nitrogens with zero attached hydrogens (tertiary/aromatic N) is 1. The van der Waals surface area contributed by atoms with Gasteiger partial charge in [0.15, 0.2) is 0 Å². The molecule has 0 saturated heterocycles. The number of carbonyl (C=O) groups is 2. The van der Waals surface area contributed by atoms with Gasteiger partial charge in [0.25, 0.3) is 5.91 Å². The van der Waals surface area contributed by atoms with Crippen molar-refractivity contribution in [2.24, 2.45) is 5.92 Å². The summed E-state index contributed by atoms with van der Waals surface area (Å²) in [7, 11) is 0. The topological polar surface area (TPSA) is 103 Å². The third kappa shape index (κ3) is 3.38. The molecule has 3 aromatic heterocycles. The number of hydrogen-bond acceptors (Lipinski definition) is 3. The predicted molar refractivity (Wildman–Crippen MR) is 112 cm³/mol. The number of rotatable bonds is 5. The van der Waals surface area contributed by atoms with E-state index in [0.29, 0.717) is 17.2 Å². The smallest absolute Gasteiger partial charge is 0.272 e. The Morgan fingerprint density at radius 2 is 1.93 bits per heavy atom. The molecule has 0 atom stereocenters. The van der Waals surface area contributed by atoms with Crippen molar-refractivity contribution in [2.45, 2.75) is 12.8 Å². The summed E-state index contributed by atoms with van der Waals surface area (Å²) in [6.45, 7) is 0. The van der Waals surface area contributed by atoms with Crippen LogP contribution in [-0.2, 0) is 4.79 Å². The van der Waals surface area contributed by atoms with Crippen LogP contribution >= 0.6 is 0 Å². The maximum Gasteiger partial charge on any atom is 0.272 e. The number of para-hydroxylation sites is 1. The fourth-order valence-corrected chi connectivity index (χ4v) is 3.40. The lowest BCUT2D eigenvalue weighted by Crippen LogP contribution is -2.14. The number of pyridine rings is 1. The molecule has 0 spiro atoms. The maximum absolute atomic E-state index is 12.4. The molecule has 5 rings (SSSR count). The molecule has 1 fully saturated rings. The van der Waals surface area contributed by atoms with Crippen molar-refractivity contribution in [3.63, 3.8) is 0 Å². The second-order valence-corrected chi connectivity index (χ2v) is 7.16. The molecule has 0 unspecified atom stereocenters. The Balaban J connectivity index is 1.46. The minimum absolute atomic E-state index is 0.0305. The third-order valence-electron chi connectivity index (χ3n) is 5.08. The number of H-pyrrole nitrogens is 2. The summed E-state index contributed by atoms with van der Waals surface area (Å²) < 4.78 is 0. The zero-order valence-corrected chi connectivity index (χ0v) is 15.5. The van der Waals surface area contributed by atoms with Crippen molar-refractivity contribution in [3.8, 4) is 11.1 Å². The van der Waals surface area contributed by atoms with Crippen LogP contribution < -0.4 is 10.6 Å². The van der Waals surface area contributed by atoms with Gasteiger partial charge in [0.2, 0.25) is 5.91 Å². The van der Waals surface area contributed by atoms with Crippen LogP contribution in [0.15, 0.2) is 61.1 Å². The lowest BCUT2D eigenvalue weighted by atomic mass is 10.1. The molecule has 7 heteroatoms. The quantitative estimate of drug-likeness (QED) is 0.415. The number of nitrogens with one attached hydrogen (secondary N) is 4. The Morgan fingerprint density at radius 3 is 2.72 bits per heavy atom. The minimum Gasteiger partial charge on any atom is -0.359 e. The van der Waals surface area contributed by atoms with Crippen LogP contribution in [0.3, 0.4) is 0 Å². The average Bonchev–Trinajstić information content (AvgIpc) is 3.25. The summed E-state index contributed by atoms with van der Waals surface area (Å²) in [5.41, 5.74) is 3.94. The van der Waals surface area contributed by atoms with Gasteiger partial charge in [-0.05, 0) is 48.7 Å². The van der Waals surface area contributed by atoms with Crippen molar-refractivity contribution in [2.75, 3.05) is 10.6 Å². The van der Waals surface area contributed by atoms with E-state index in [0.717, 1.165) is 34.9 Å². The Hall–Kier alpha value is -3.87. The van der Waals surface area contributed by atoms with Crippen LogP contribution in [0, 0.1) is 5.92 Å². The molecule has 4 aromatic rings. The second-order valence-electron chi connectivity index (χ2n) is 7.16. The number of carbonyl (C=O) groups excluding carboxylic acids is 2. The van der Waals surface area contributed by atoms with Crippen LogP contribution in [0.25, 0.3) is 22.0 Å². The highest BCUT2D eigenvalue weighted by molar-refractivity contribution is 6.10. The molecule has 1 aliphatic carbocycles. The summed E-state index contributed by atoms with van der Waals surface area (Å²) in [4.78, 5) is 34.9. The van der Waals surface area contributed by atoms with Gasteiger partial charge in [-0.1, -0.05) is 12.1 Å². The van der Waals surface area contributed by atoms with Gasteiger partial charge in [0, 0.05) is 35.5 Å². The summed E-state index contributed by atoms with van der Waals surface area (Å²) in [5.74, 6) is 0.500. The van der Waals surface area contributed by atoms with Gasteiger partial charge in [-0.3, -0.25) is 9.59 Å². The molecule has 29 heavy (non-hydrogen) atoms. The maximum atomic E-state index is 12.4. The van der Waals surface area contributed by atoms with Crippen molar-refractivity contribution in [1.82, 2.24) is 15.0 Å². The van der Waals surface area contributed by atoms with Gasteiger partial charge in [-0.15, -0.1) is 0 Å². The monoisotopic (exact) mass is 385 g/mol. The highest BCUT2D eigenvalue weighted by Gasteiger charge is 2.29. The number of aromatic amines is 2. The van der Waals surface area contributed by atoms with Crippen LogP contribution in [-0.4, -0.2) is 26.8 Å². The van der Waals surface area contributed by atoms with Crippen LogP contribution in [0.1, 0.15) is 23.3 Å². The number of aromatic nitrogens is 3. The van der Waals surface area contributed by atoms with E-state index in [2.05, 4.69) is 25.6 Å². The molecule has 0 aliphatic heterocycles. The van der Waals surface area contributed by atoms with Gasteiger partial charge >= 0.3 is 0 Å². The van der Waals surface area contributed by atoms with E-state index in [1.165, 1.54) is 0 Å². The van der Waals surface area contributed by atoms with E-state index in [9.17, 15) is 9.59 Å². The molecular weight excluding hydrogens is 366 g/mol. The van der Waals surface area contributed by atoms with Gasteiger partial charge in [-0.2, -0.15) is 0 Å². The molecule has 2 amide bonds. The fourth-order valence-electron chi connectivity index (χ4n) is 3.40. The van der Waals surface area contributed by atoms with E-state index < -0.39 is 0 Å². The van der Waals surface area contributed by atoms with E-state index in [1.807, 2.05) is 36.5 Å². The average molecular weight is 385 g/mol. The summed E-state index contributed by atoms with van der Waals surface area (Å²) in [6.07, 6.45) is 7.20. The standard InChI is InChI=1S/C22H19N5O2/c28-21(13-6-7-13)27-19-11-14(8-10-24-19)16-12-25-20-15(16)3-1-4-17(20)26-22(29)18-5-2-9-23-18/h1-5,8-13,23,25H,6-7H2,(H,26,29)(H,24,27,28). The summed E-state index contributed by atoms with van der Waals surface area (Å²) >= 11 is 0. The zero-order valence-electron chi connectivity index (χ0n) is 15.5. The summed E-state index contributed by atoms with van der Waals surface area (Å²) in [6, 6.07) is 13.0. The predicted octanol–water partition coefficient (Wildman–Crippen LogP) is 4.16. The first-order valence-corrected chi connectivity index (χ1v) is 9.51. The first kappa shape index (κ1) is 17.2. The highest BCUT2D eigenvalue weighted by atomic mass is 16.2. The van der Waals surface area contributed by atoms with E-state index in [1.54, 1.807) is 24.5 Å². The largest absolute Gasteiger partial charge is 0.359 e. The molecular formula is C22H19N5O2. The van der Waals surface area contributed by atoms with E-state index >= 15 is 0 Å². The second kappa shape index (κ2) is 6.94. The van der Waals surface area contributed by atoms with Gasteiger partial charge in [0.1, 0.15) is 11.5 Å². The molecule has 0 radical (unpaired) electrons. The Bertz CT molecular complexity index is 1210. The number of anilines is 2. The van der Waals surface area contributed by atoms with Gasteiger partial charge < -0.3 is 20.6 Å². The molecule has 1 aromatic carbocycles. The molecule has 7 nitrogen and oxygen atoms in total. The number of fused-ring (bicyclic) bond motifs is 1. The van der Waals surface area contributed by atoms with Crippen molar-refractivity contribution >= 4 is 34.2 Å². The Labute approximate surface area is 166 Å². The van der Waals surface area contributed by atoms with Gasteiger partial charge in [-0.25, -0.2) is 4.98 Å². The lowest BCUT2D eigenvalue weighted by Gasteiger charge is -2.07. The first-order valence-electron chi connectivity index (χ1n) is 9.51. The molecule has 1 saturated carbocycles. The lowest BCUT2D eigenvalue weighted by molar-refractivity contribution is -0.117. The first-order chi connectivity index (χ1) is 14.2.